The van der Waals surface area contributed by atoms with Crippen LogP contribution in [0, 0.1) is 33.6 Å². The SMILES string of the molecule is Cc1nn(Cc2c(C(=O)N3CCCC(Cc4nncn4-c4ccccc4)C3)noc2C)c(C)c1C. The third-order valence-corrected chi connectivity index (χ3v) is 7.17. The monoisotopic (exact) mass is 473 g/mol. The molecule has 1 aliphatic heterocycles. The first-order chi connectivity index (χ1) is 16.9. The Balaban J connectivity index is 1.32. The molecule has 5 rings (SSSR count). The van der Waals surface area contributed by atoms with Crippen LogP contribution < -0.4 is 0 Å². The van der Waals surface area contributed by atoms with Gasteiger partial charge >= 0.3 is 0 Å². The molecule has 4 heterocycles. The molecule has 0 spiro atoms. The molecule has 35 heavy (non-hydrogen) atoms. The molecule has 1 fully saturated rings. The average molecular weight is 474 g/mol. The molecular formula is C26H31N7O2. The summed E-state index contributed by atoms with van der Waals surface area (Å²) in [6.07, 6.45) is 4.50. The van der Waals surface area contributed by atoms with Gasteiger partial charge in [0.05, 0.1) is 12.2 Å². The van der Waals surface area contributed by atoms with E-state index in [0.717, 1.165) is 53.3 Å². The van der Waals surface area contributed by atoms with Gasteiger partial charge < -0.3 is 9.42 Å². The minimum absolute atomic E-state index is 0.0793. The average Bonchev–Trinajstić information content (AvgIpc) is 3.55. The van der Waals surface area contributed by atoms with Crippen molar-refractivity contribution < 1.29 is 9.32 Å². The van der Waals surface area contributed by atoms with Gasteiger partial charge in [-0.2, -0.15) is 5.10 Å². The summed E-state index contributed by atoms with van der Waals surface area (Å²) in [5.41, 5.74) is 5.47. The molecule has 3 aromatic heterocycles. The summed E-state index contributed by atoms with van der Waals surface area (Å²) in [5.74, 6) is 1.79. The smallest absolute Gasteiger partial charge is 0.276 e. The maximum atomic E-state index is 13.6. The van der Waals surface area contributed by atoms with E-state index < -0.39 is 0 Å². The lowest BCUT2D eigenvalue weighted by Gasteiger charge is -2.32. The van der Waals surface area contributed by atoms with Crippen LogP contribution in [-0.2, 0) is 13.0 Å². The molecule has 1 aliphatic rings. The number of amides is 1. The molecule has 182 valence electrons. The number of aryl methyl sites for hydroxylation is 2. The van der Waals surface area contributed by atoms with Gasteiger partial charge in [-0.25, -0.2) is 0 Å². The molecule has 9 heteroatoms. The number of likely N-dealkylation sites (tertiary alicyclic amines) is 1. The van der Waals surface area contributed by atoms with Gasteiger partial charge in [0.2, 0.25) is 0 Å². The van der Waals surface area contributed by atoms with Crippen molar-refractivity contribution in [2.24, 2.45) is 5.92 Å². The lowest BCUT2D eigenvalue weighted by Crippen LogP contribution is -2.41. The van der Waals surface area contributed by atoms with Crippen molar-refractivity contribution in [2.75, 3.05) is 13.1 Å². The summed E-state index contributed by atoms with van der Waals surface area (Å²) in [5, 5.41) is 17.3. The summed E-state index contributed by atoms with van der Waals surface area (Å²) >= 11 is 0. The number of carbonyl (C=O) groups excluding carboxylic acids is 1. The van der Waals surface area contributed by atoms with E-state index in [4.69, 9.17) is 4.52 Å². The van der Waals surface area contributed by atoms with Crippen LogP contribution in [0.1, 0.15) is 57.4 Å². The molecule has 1 amide bonds. The minimum Gasteiger partial charge on any atom is -0.361 e. The second kappa shape index (κ2) is 9.48. The van der Waals surface area contributed by atoms with Crippen molar-refractivity contribution in [3.05, 3.63) is 76.5 Å². The zero-order chi connectivity index (χ0) is 24.5. The summed E-state index contributed by atoms with van der Waals surface area (Å²) in [7, 11) is 0. The third kappa shape index (κ3) is 4.50. The number of rotatable bonds is 6. The summed E-state index contributed by atoms with van der Waals surface area (Å²) in [6, 6.07) is 10.1. The van der Waals surface area contributed by atoms with Gasteiger partial charge in [-0.15, -0.1) is 10.2 Å². The molecule has 1 atom stereocenters. The van der Waals surface area contributed by atoms with Crippen LogP contribution in [0.5, 0.6) is 0 Å². The van der Waals surface area contributed by atoms with Crippen molar-refractivity contribution in [3.8, 4) is 5.69 Å². The first-order valence-electron chi connectivity index (χ1n) is 12.1. The third-order valence-electron chi connectivity index (χ3n) is 7.17. The second-order valence-corrected chi connectivity index (χ2v) is 9.44. The number of benzene rings is 1. The van der Waals surface area contributed by atoms with E-state index >= 15 is 0 Å². The van der Waals surface area contributed by atoms with E-state index in [1.54, 1.807) is 6.33 Å². The van der Waals surface area contributed by atoms with Crippen LogP contribution in [0.2, 0.25) is 0 Å². The molecule has 1 saturated heterocycles. The molecular weight excluding hydrogens is 442 g/mol. The lowest BCUT2D eigenvalue weighted by atomic mass is 9.94. The highest BCUT2D eigenvalue weighted by Gasteiger charge is 2.30. The Labute approximate surface area is 204 Å². The van der Waals surface area contributed by atoms with Crippen LogP contribution in [0.4, 0.5) is 0 Å². The van der Waals surface area contributed by atoms with Crippen molar-refractivity contribution in [1.82, 2.24) is 34.6 Å². The number of piperidine rings is 1. The first-order valence-corrected chi connectivity index (χ1v) is 12.1. The Morgan fingerprint density at radius 1 is 1.14 bits per heavy atom. The molecule has 0 saturated carbocycles. The van der Waals surface area contributed by atoms with E-state index in [1.807, 2.05) is 65.3 Å². The first kappa shape index (κ1) is 23.0. The second-order valence-electron chi connectivity index (χ2n) is 9.44. The fourth-order valence-corrected chi connectivity index (χ4v) is 4.86. The summed E-state index contributed by atoms with van der Waals surface area (Å²) in [4.78, 5) is 15.5. The number of hydrogen-bond donors (Lipinski definition) is 0. The molecule has 1 aromatic carbocycles. The van der Waals surface area contributed by atoms with Gasteiger partial charge in [0.15, 0.2) is 5.69 Å². The number of nitrogens with zero attached hydrogens (tertiary/aromatic N) is 7. The van der Waals surface area contributed by atoms with Gasteiger partial charge in [-0.3, -0.25) is 14.0 Å². The molecule has 4 aromatic rings. The molecule has 0 N–H and O–H groups in total. The Morgan fingerprint density at radius 3 is 2.69 bits per heavy atom. The number of aromatic nitrogens is 6. The van der Waals surface area contributed by atoms with E-state index in [-0.39, 0.29) is 5.91 Å². The van der Waals surface area contributed by atoms with Crippen molar-refractivity contribution in [3.63, 3.8) is 0 Å². The van der Waals surface area contributed by atoms with Crippen molar-refractivity contribution in [2.45, 2.75) is 53.5 Å². The highest BCUT2D eigenvalue weighted by molar-refractivity contribution is 5.94. The fourth-order valence-electron chi connectivity index (χ4n) is 4.86. The van der Waals surface area contributed by atoms with Crippen LogP contribution >= 0.6 is 0 Å². The zero-order valence-corrected chi connectivity index (χ0v) is 20.7. The Hall–Kier alpha value is -3.75. The topological polar surface area (TPSA) is 94.9 Å². The van der Waals surface area contributed by atoms with Crippen molar-refractivity contribution in [1.29, 1.82) is 0 Å². The lowest BCUT2D eigenvalue weighted by molar-refractivity contribution is 0.0660. The quantitative estimate of drug-likeness (QED) is 0.422. The van der Waals surface area contributed by atoms with Gasteiger partial charge in [0.25, 0.3) is 5.91 Å². The predicted octanol–water partition coefficient (Wildman–Crippen LogP) is 3.83. The molecule has 1 unspecified atom stereocenters. The van der Waals surface area contributed by atoms with Crippen LogP contribution in [0.3, 0.4) is 0 Å². The Kier molecular flexibility index (Phi) is 6.23. The Bertz CT molecular complexity index is 1340. The number of carbonyl (C=O) groups is 1. The van der Waals surface area contributed by atoms with Crippen LogP contribution in [0.15, 0.2) is 41.2 Å². The minimum atomic E-state index is -0.0793. The van der Waals surface area contributed by atoms with Crippen molar-refractivity contribution >= 4 is 5.91 Å². The van der Waals surface area contributed by atoms with E-state index in [1.165, 1.54) is 0 Å². The maximum Gasteiger partial charge on any atom is 0.276 e. The van der Waals surface area contributed by atoms with Gasteiger partial charge in [0.1, 0.15) is 17.9 Å². The highest BCUT2D eigenvalue weighted by atomic mass is 16.5. The molecule has 0 radical (unpaired) electrons. The van der Waals surface area contributed by atoms with Gasteiger partial charge in [-0.1, -0.05) is 23.4 Å². The zero-order valence-electron chi connectivity index (χ0n) is 20.7. The normalized spacial score (nSPS) is 16.1. The highest BCUT2D eigenvalue weighted by Crippen LogP contribution is 2.25. The maximum absolute atomic E-state index is 13.6. The summed E-state index contributed by atoms with van der Waals surface area (Å²) < 4.78 is 9.42. The predicted molar refractivity (Wildman–Crippen MR) is 130 cm³/mol. The van der Waals surface area contributed by atoms with Gasteiger partial charge in [-0.05, 0) is 64.2 Å². The van der Waals surface area contributed by atoms with Gasteiger partial charge in [0, 0.05) is 36.5 Å². The number of para-hydroxylation sites is 1. The molecule has 0 aliphatic carbocycles. The van der Waals surface area contributed by atoms with E-state index in [0.29, 0.717) is 37.0 Å². The molecule has 0 bridgehead atoms. The molecule has 9 nitrogen and oxygen atoms in total. The van der Waals surface area contributed by atoms with Crippen LogP contribution in [-0.4, -0.2) is 53.6 Å². The fraction of sp³-hybridized carbons (Fsp3) is 0.423. The number of hydrogen-bond acceptors (Lipinski definition) is 6. The standard InChI is InChI=1S/C26H31N7O2/c1-17-18(2)29-33(19(17)3)15-23-20(4)35-30-25(23)26(34)31-12-8-9-21(14-31)13-24-28-27-16-32(24)22-10-6-5-7-11-22/h5-7,10-11,16,21H,8-9,12-15H2,1-4H3. The van der Waals surface area contributed by atoms with E-state index in [2.05, 4.69) is 27.4 Å². The summed E-state index contributed by atoms with van der Waals surface area (Å²) in [6.45, 7) is 9.80. The largest absolute Gasteiger partial charge is 0.361 e. The van der Waals surface area contributed by atoms with E-state index in [9.17, 15) is 4.79 Å². The van der Waals surface area contributed by atoms with Crippen LogP contribution in [0.25, 0.3) is 5.69 Å². The Morgan fingerprint density at radius 2 is 1.94 bits per heavy atom.